The summed E-state index contributed by atoms with van der Waals surface area (Å²) >= 11 is 0. The number of rotatable bonds is 6. The van der Waals surface area contributed by atoms with Crippen molar-refractivity contribution < 1.29 is 9.90 Å². The van der Waals surface area contributed by atoms with Crippen molar-refractivity contribution >= 4 is 11.8 Å². The molecule has 6 nitrogen and oxygen atoms in total. The third-order valence-corrected chi connectivity index (χ3v) is 2.84. The van der Waals surface area contributed by atoms with Crippen LogP contribution in [0.2, 0.25) is 0 Å². The molecule has 1 unspecified atom stereocenters. The van der Waals surface area contributed by atoms with Crippen LogP contribution in [0.1, 0.15) is 45.9 Å². The first-order valence-electron chi connectivity index (χ1n) is 6.39. The van der Waals surface area contributed by atoms with Gasteiger partial charge in [-0.15, -0.1) is 0 Å². The van der Waals surface area contributed by atoms with Crippen LogP contribution in [0, 0.1) is 5.92 Å². The number of carboxylic acids is 1. The number of hydrogen-bond acceptors (Lipinski definition) is 4. The van der Waals surface area contributed by atoms with Crippen molar-refractivity contribution in [3.05, 3.63) is 22.2 Å². The van der Waals surface area contributed by atoms with Crippen LogP contribution in [0.5, 0.6) is 0 Å². The standard InChI is InChI=1S/C13H21N3O3/c1-7(2)9(5-12(18)19)14-10-6-11(17)16-13(15-10)8(3)4/h6-9H,5H2,1-4H3,(H,18,19)(H2,14,15,16,17). The van der Waals surface area contributed by atoms with E-state index < -0.39 is 5.97 Å². The minimum atomic E-state index is -0.875. The number of carboxylic acid groups (broad SMARTS) is 1. The largest absolute Gasteiger partial charge is 0.481 e. The summed E-state index contributed by atoms with van der Waals surface area (Å²) in [6.45, 7) is 7.72. The molecule has 0 amide bonds. The molecule has 0 aliphatic heterocycles. The van der Waals surface area contributed by atoms with Crippen LogP contribution in [0.15, 0.2) is 10.9 Å². The minimum absolute atomic E-state index is 0.0108. The molecule has 0 radical (unpaired) electrons. The summed E-state index contributed by atoms with van der Waals surface area (Å²) in [5, 5.41) is 11.9. The van der Waals surface area contributed by atoms with Gasteiger partial charge in [-0.1, -0.05) is 27.7 Å². The highest BCUT2D eigenvalue weighted by Gasteiger charge is 2.18. The second-order valence-electron chi connectivity index (χ2n) is 5.26. The first-order chi connectivity index (χ1) is 8.79. The summed E-state index contributed by atoms with van der Waals surface area (Å²) in [6.07, 6.45) is -0.0108. The zero-order valence-electron chi connectivity index (χ0n) is 11.7. The quantitative estimate of drug-likeness (QED) is 0.730. The van der Waals surface area contributed by atoms with E-state index in [1.807, 2.05) is 27.7 Å². The van der Waals surface area contributed by atoms with Crippen LogP contribution in [-0.4, -0.2) is 27.1 Å². The lowest BCUT2D eigenvalue weighted by atomic mass is 10.0. The fraction of sp³-hybridized carbons (Fsp3) is 0.615. The maximum Gasteiger partial charge on any atom is 0.305 e. The molecule has 0 aromatic carbocycles. The smallest absolute Gasteiger partial charge is 0.305 e. The number of nitrogens with zero attached hydrogens (tertiary/aromatic N) is 1. The average molecular weight is 267 g/mol. The van der Waals surface area contributed by atoms with Crippen molar-refractivity contribution in [2.45, 2.75) is 46.1 Å². The number of aliphatic carboxylic acids is 1. The van der Waals surface area contributed by atoms with E-state index in [2.05, 4.69) is 15.3 Å². The molecule has 0 saturated heterocycles. The van der Waals surface area contributed by atoms with Crippen molar-refractivity contribution in [2.24, 2.45) is 5.92 Å². The molecule has 1 atom stereocenters. The first kappa shape index (κ1) is 15.2. The molecule has 1 aromatic heterocycles. The van der Waals surface area contributed by atoms with Gasteiger partial charge in [0.15, 0.2) is 0 Å². The Morgan fingerprint density at radius 2 is 2.05 bits per heavy atom. The third-order valence-electron chi connectivity index (χ3n) is 2.84. The first-order valence-corrected chi connectivity index (χ1v) is 6.39. The molecule has 1 rings (SSSR count). The van der Waals surface area contributed by atoms with E-state index in [1.165, 1.54) is 6.07 Å². The van der Waals surface area contributed by atoms with Gasteiger partial charge in [-0.25, -0.2) is 4.98 Å². The van der Waals surface area contributed by atoms with Gasteiger partial charge in [0.05, 0.1) is 6.42 Å². The monoisotopic (exact) mass is 267 g/mol. The SMILES string of the molecule is CC(C)c1nc(NC(CC(=O)O)C(C)C)cc(=O)[nH]1. The van der Waals surface area contributed by atoms with Crippen molar-refractivity contribution in [3.63, 3.8) is 0 Å². The van der Waals surface area contributed by atoms with Crippen LogP contribution in [0.3, 0.4) is 0 Å². The lowest BCUT2D eigenvalue weighted by Crippen LogP contribution is -2.30. The van der Waals surface area contributed by atoms with E-state index >= 15 is 0 Å². The average Bonchev–Trinajstić information content (AvgIpc) is 2.26. The van der Waals surface area contributed by atoms with Gasteiger partial charge in [-0.3, -0.25) is 9.59 Å². The Bertz CT molecular complexity index is 494. The van der Waals surface area contributed by atoms with E-state index in [9.17, 15) is 9.59 Å². The predicted octanol–water partition coefficient (Wildman–Crippen LogP) is 1.80. The second kappa shape index (κ2) is 6.36. The maximum absolute atomic E-state index is 11.5. The Balaban J connectivity index is 2.96. The van der Waals surface area contributed by atoms with Gasteiger partial charge in [0.1, 0.15) is 11.6 Å². The summed E-state index contributed by atoms with van der Waals surface area (Å²) in [5.74, 6) is 0.367. The molecule has 0 fully saturated rings. The number of aromatic nitrogens is 2. The summed E-state index contributed by atoms with van der Waals surface area (Å²) in [6, 6.07) is 1.09. The van der Waals surface area contributed by atoms with Gasteiger partial charge in [-0.2, -0.15) is 0 Å². The highest BCUT2D eigenvalue weighted by molar-refractivity contribution is 5.68. The zero-order chi connectivity index (χ0) is 14.6. The zero-order valence-corrected chi connectivity index (χ0v) is 11.7. The minimum Gasteiger partial charge on any atom is -0.481 e. The van der Waals surface area contributed by atoms with Crippen LogP contribution in [0.25, 0.3) is 0 Å². The molecule has 0 saturated carbocycles. The summed E-state index contributed by atoms with van der Waals surface area (Å²) in [7, 11) is 0. The molecule has 0 aliphatic rings. The lowest BCUT2D eigenvalue weighted by molar-refractivity contribution is -0.137. The fourth-order valence-electron chi connectivity index (χ4n) is 1.66. The number of H-pyrrole nitrogens is 1. The normalized spacial score (nSPS) is 12.7. The molecule has 19 heavy (non-hydrogen) atoms. The summed E-state index contributed by atoms with van der Waals surface area (Å²) in [4.78, 5) is 29.3. The second-order valence-corrected chi connectivity index (χ2v) is 5.26. The number of anilines is 1. The summed E-state index contributed by atoms with van der Waals surface area (Å²) in [5.41, 5.74) is -0.237. The van der Waals surface area contributed by atoms with Gasteiger partial charge >= 0.3 is 5.97 Å². The molecule has 1 heterocycles. The van der Waals surface area contributed by atoms with E-state index in [0.717, 1.165) is 0 Å². The number of hydrogen-bond donors (Lipinski definition) is 3. The van der Waals surface area contributed by atoms with E-state index in [0.29, 0.717) is 11.6 Å². The Labute approximate surface area is 112 Å². The van der Waals surface area contributed by atoms with Crippen LogP contribution >= 0.6 is 0 Å². The number of carbonyl (C=O) groups is 1. The van der Waals surface area contributed by atoms with E-state index in [4.69, 9.17) is 5.11 Å². The number of aromatic amines is 1. The van der Waals surface area contributed by atoms with Gasteiger partial charge < -0.3 is 15.4 Å². The Morgan fingerprint density at radius 3 is 2.53 bits per heavy atom. The number of nitrogens with one attached hydrogen (secondary N) is 2. The topological polar surface area (TPSA) is 95.1 Å². The van der Waals surface area contributed by atoms with Crippen molar-refractivity contribution in [1.82, 2.24) is 9.97 Å². The van der Waals surface area contributed by atoms with E-state index in [1.54, 1.807) is 0 Å². The molecule has 106 valence electrons. The third kappa shape index (κ3) is 4.73. The molecule has 3 N–H and O–H groups in total. The lowest BCUT2D eigenvalue weighted by Gasteiger charge is -2.21. The fourth-order valence-corrected chi connectivity index (χ4v) is 1.66. The van der Waals surface area contributed by atoms with Crippen molar-refractivity contribution in [1.29, 1.82) is 0 Å². The molecule has 1 aromatic rings. The van der Waals surface area contributed by atoms with Gasteiger partial charge in [0, 0.05) is 18.0 Å². The van der Waals surface area contributed by atoms with Gasteiger partial charge in [-0.05, 0) is 5.92 Å². The predicted molar refractivity (Wildman–Crippen MR) is 73.4 cm³/mol. The van der Waals surface area contributed by atoms with Crippen molar-refractivity contribution in [3.8, 4) is 0 Å². The van der Waals surface area contributed by atoms with Crippen LogP contribution in [-0.2, 0) is 4.79 Å². The van der Waals surface area contributed by atoms with Gasteiger partial charge in [0.2, 0.25) is 0 Å². The molecular formula is C13H21N3O3. The summed E-state index contributed by atoms with van der Waals surface area (Å²) < 4.78 is 0. The molecule has 0 spiro atoms. The Kier molecular flexibility index (Phi) is 5.09. The van der Waals surface area contributed by atoms with Crippen molar-refractivity contribution in [2.75, 3.05) is 5.32 Å². The highest BCUT2D eigenvalue weighted by Crippen LogP contribution is 2.14. The maximum atomic E-state index is 11.5. The van der Waals surface area contributed by atoms with Crippen LogP contribution in [0.4, 0.5) is 5.82 Å². The molecular weight excluding hydrogens is 246 g/mol. The highest BCUT2D eigenvalue weighted by atomic mass is 16.4. The van der Waals surface area contributed by atoms with Gasteiger partial charge in [0.25, 0.3) is 5.56 Å². The van der Waals surface area contributed by atoms with Crippen LogP contribution < -0.4 is 10.9 Å². The Hall–Kier alpha value is -1.85. The molecule has 0 bridgehead atoms. The van der Waals surface area contributed by atoms with E-state index in [-0.39, 0.29) is 29.9 Å². The molecule has 6 heteroatoms. The molecule has 0 aliphatic carbocycles. The Morgan fingerprint density at radius 1 is 1.42 bits per heavy atom.